The maximum absolute atomic E-state index is 13.7. The van der Waals surface area contributed by atoms with E-state index in [9.17, 15) is 13.2 Å². The van der Waals surface area contributed by atoms with Gasteiger partial charge in [-0.3, -0.25) is 9.48 Å². The van der Waals surface area contributed by atoms with Crippen molar-refractivity contribution in [2.45, 2.75) is 72.5 Å². The Hall–Kier alpha value is -2.34. The summed E-state index contributed by atoms with van der Waals surface area (Å²) in [7, 11) is -3.65. The second kappa shape index (κ2) is 12.0. The predicted molar refractivity (Wildman–Crippen MR) is 139 cm³/mol. The number of benzene rings is 1. The van der Waals surface area contributed by atoms with Crippen LogP contribution in [0.1, 0.15) is 50.9 Å². The average Bonchev–Trinajstić information content (AvgIpc) is 3.50. The van der Waals surface area contributed by atoms with Gasteiger partial charge < -0.3 is 14.4 Å². The zero-order chi connectivity index (χ0) is 26.6. The smallest absolute Gasteiger partial charge is 0.241 e. The molecule has 0 aliphatic carbocycles. The summed E-state index contributed by atoms with van der Waals surface area (Å²) in [6.45, 7) is 10.4. The number of nitrogens with zero attached hydrogens (tertiary/aromatic N) is 5. The first-order valence-corrected chi connectivity index (χ1v) is 14.7. The van der Waals surface area contributed by atoms with Crippen LogP contribution in [0.25, 0.3) is 0 Å². The number of hydrogen-bond acceptors (Lipinski definition) is 7. The van der Waals surface area contributed by atoms with Gasteiger partial charge in [0.25, 0.3) is 0 Å². The highest BCUT2D eigenvalue weighted by Crippen LogP contribution is 2.25. The number of aryl methyl sites for hydroxylation is 1. The third-order valence-electron chi connectivity index (χ3n) is 6.71. The largest absolute Gasteiger partial charge is 0.350 e. The predicted octanol–water partition coefficient (Wildman–Crippen LogP) is 2.44. The molecule has 0 radical (unpaired) electrons. The summed E-state index contributed by atoms with van der Waals surface area (Å²) in [4.78, 5) is 15.3. The van der Waals surface area contributed by atoms with E-state index in [4.69, 9.17) is 9.47 Å². The molecule has 37 heavy (non-hydrogen) atoms. The molecule has 0 bridgehead atoms. The fourth-order valence-electron chi connectivity index (χ4n) is 4.87. The molecule has 4 rings (SSSR count). The number of carbonyl (C=O) groups excluding carboxylic acids is 1. The Bertz CT molecular complexity index is 1140. The fraction of sp³-hybridized carbons (Fsp3) is 0.654. The van der Waals surface area contributed by atoms with Gasteiger partial charge >= 0.3 is 0 Å². The molecule has 1 aromatic heterocycles. The van der Waals surface area contributed by atoms with Crippen molar-refractivity contribution in [2.24, 2.45) is 11.8 Å². The van der Waals surface area contributed by atoms with E-state index in [1.807, 2.05) is 38.1 Å². The van der Waals surface area contributed by atoms with Gasteiger partial charge in [0.15, 0.2) is 6.29 Å². The Balaban J connectivity index is 1.46. The van der Waals surface area contributed by atoms with E-state index in [2.05, 4.69) is 24.2 Å². The van der Waals surface area contributed by atoms with E-state index in [0.29, 0.717) is 37.8 Å². The van der Waals surface area contributed by atoms with Gasteiger partial charge in [0.05, 0.1) is 31.7 Å². The molecule has 2 aliphatic heterocycles. The third-order valence-corrected chi connectivity index (χ3v) is 8.48. The van der Waals surface area contributed by atoms with Crippen molar-refractivity contribution >= 4 is 15.9 Å². The van der Waals surface area contributed by atoms with E-state index in [0.717, 1.165) is 12.0 Å². The lowest BCUT2D eigenvalue weighted by atomic mass is 10.0. The number of sulfonamides is 1. The topological polar surface area (TPSA) is 107 Å². The zero-order valence-electron chi connectivity index (χ0n) is 22.2. The fourth-order valence-corrected chi connectivity index (χ4v) is 6.58. The second-order valence-corrected chi connectivity index (χ2v) is 12.7. The van der Waals surface area contributed by atoms with Gasteiger partial charge in [-0.2, -0.15) is 4.31 Å². The highest BCUT2D eigenvalue weighted by molar-refractivity contribution is 7.89. The van der Waals surface area contributed by atoms with Crippen molar-refractivity contribution in [3.63, 3.8) is 0 Å². The van der Waals surface area contributed by atoms with Crippen LogP contribution < -0.4 is 0 Å². The Kier molecular flexibility index (Phi) is 8.99. The number of hydrogen-bond donors (Lipinski definition) is 0. The molecule has 3 heterocycles. The van der Waals surface area contributed by atoms with Gasteiger partial charge in [-0.1, -0.05) is 57.2 Å². The standard InChI is InChI=1S/C26H39N5O5S/c1-19(2)15-21-5-7-22(8-6-21)16-31-25(20(3)4)26(32)29(11-14-37(31,33)34)17-23-18-30(28-27-23)10-9-24-35-12-13-36-24/h5-8,18-20,24-25H,9-17H2,1-4H3. The van der Waals surface area contributed by atoms with E-state index in [1.165, 1.54) is 9.87 Å². The summed E-state index contributed by atoms with van der Waals surface area (Å²) in [5.41, 5.74) is 2.72. The van der Waals surface area contributed by atoms with E-state index in [1.54, 1.807) is 15.8 Å². The van der Waals surface area contributed by atoms with E-state index >= 15 is 0 Å². The minimum Gasteiger partial charge on any atom is -0.350 e. The third kappa shape index (κ3) is 7.16. The monoisotopic (exact) mass is 533 g/mol. The minimum atomic E-state index is -3.65. The second-order valence-electron chi connectivity index (χ2n) is 10.7. The van der Waals surface area contributed by atoms with Gasteiger partial charge in [-0.15, -0.1) is 5.10 Å². The van der Waals surface area contributed by atoms with Crippen molar-refractivity contribution in [1.29, 1.82) is 0 Å². The number of ether oxygens (including phenoxy) is 2. The molecule has 2 aromatic rings. The molecule has 10 nitrogen and oxygen atoms in total. The normalized spacial score (nSPS) is 21.3. The Morgan fingerprint density at radius 3 is 2.35 bits per heavy atom. The van der Waals surface area contributed by atoms with Crippen molar-refractivity contribution in [2.75, 3.05) is 25.5 Å². The van der Waals surface area contributed by atoms with Gasteiger partial charge in [-0.05, 0) is 29.4 Å². The molecule has 11 heteroatoms. The maximum Gasteiger partial charge on any atom is 0.241 e. The molecular formula is C26H39N5O5S. The Morgan fingerprint density at radius 1 is 1.03 bits per heavy atom. The van der Waals surface area contributed by atoms with Crippen LogP contribution in [0.4, 0.5) is 0 Å². The summed E-state index contributed by atoms with van der Waals surface area (Å²) < 4.78 is 40.8. The highest BCUT2D eigenvalue weighted by Gasteiger charge is 2.42. The van der Waals surface area contributed by atoms with Crippen molar-refractivity contribution in [1.82, 2.24) is 24.2 Å². The van der Waals surface area contributed by atoms with Gasteiger partial charge in [0.1, 0.15) is 11.7 Å². The zero-order valence-corrected chi connectivity index (χ0v) is 23.1. The molecule has 1 aromatic carbocycles. The molecule has 0 saturated carbocycles. The first kappa shape index (κ1) is 27.7. The molecular weight excluding hydrogens is 494 g/mol. The summed E-state index contributed by atoms with van der Waals surface area (Å²) in [6.07, 6.45) is 3.20. The molecule has 204 valence electrons. The molecule has 1 amide bonds. The Labute approximate surface area is 220 Å². The summed E-state index contributed by atoms with van der Waals surface area (Å²) in [5.74, 6) is 0.0282. The van der Waals surface area contributed by atoms with Gasteiger partial charge in [0.2, 0.25) is 15.9 Å². The number of amides is 1. The number of aromatic nitrogens is 3. The lowest BCUT2D eigenvalue weighted by Crippen LogP contribution is -2.49. The van der Waals surface area contributed by atoms with E-state index in [-0.39, 0.29) is 43.5 Å². The summed E-state index contributed by atoms with van der Waals surface area (Å²) in [5, 5.41) is 8.37. The molecule has 0 N–H and O–H groups in total. The van der Waals surface area contributed by atoms with Crippen LogP contribution in [-0.2, 0) is 50.3 Å². The van der Waals surface area contributed by atoms with Crippen LogP contribution in [0.2, 0.25) is 0 Å². The van der Waals surface area contributed by atoms with Gasteiger partial charge in [-0.25, -0.2) is 8.42 Å². The van der Waals surface area contributed by atoms with Crippen LogP contribution in [0.15, 0.2) is 30.5 Å². The minimum absolute atomic E-state index is 0.116. The molecule has 2 aliphatic rings. The maximum atomic E-state index is 13.7. The van der Waals surface area contributed by atoms with Crippen LogP contribution in [0, 0.1) is 11.8 Å². The number of rotatable bonds is 10. The lowest BCUT2D eigenvalue weighted by Gasteiger charge is -2.32. The highest BCUT2D eigenvalue weighted by atomic mass is 32.2. The molecule has 2 saturated heterocycles. The molecule has 1 unspecified atom stereocenters. The van der Waals surface area contributed by atoms with Crippen LogP contribution in [0.3, 0.4) is 0 Å². The van der Waals surface area contributed by atoms with Crippen molar-refractivity contribution in [3.8, 4) is 0 Å². The van der Waals surface area contributed by atoms with Crippen LogP contribution >= 0.6 is 0 Å². The lowest BCUT2D eigenvalue weighted by molar-refractivity contribution is -0.136. The van der Waals surface area contributed by atoms with Crippen LogP contribution in [-0.4, -0.2) is 76.4 Å². The van der Waals surface area contributed by atoms with Crippen LogP contribution in [0.5, 0.6) is 0 Å². The quantitative estimate of drug-likeness (QED) is 0.462. The molecule has 1 atom stereocenters. The van der Waals surface area contributed by atoms with E-state index < -0.39 is 16.1 Å². The van der Waals surface area contributed by atoms with Gasteiger partial charge in [0, 0.05) is 26.1 Å². The SMILES string of the molecule is CC(C)Cc1ccc(CN2C(C(C)C)C(=O)N(Cc3cn(CCC4OCCO4)nn3)CCS2(=O)=O)cc1. The summed E-state index contributed by atoms with van der Waals surface area (Å²) >= 11 is 0. The molecule has 0 spiro atoms. The average molecular weight is 534 g/mol. The Morgan fingerprint density at radius 2 is 1.70 bits per heavy atom. The number of carbonyl (C=O) groups is 1. The van der Waals surface area contributed by atoms with Crippen molar-refractivity contribution < 1.29 is 22.7 Å². The first-order valence-electron chi connectivity index (χ1n) is 13.1. The summed E-state index contributed by atoms with van der Waals surface area (Å²) in [6, 6.07) is 7.25. The van der Waals surface area contributed by atoms with Crippen molar-refractivity contribution in [3.05, 3.63) is 47.3 Å². The first-order chi connectivity index (χ1) is 17.6. The molecule has 2 fully saturated rings.